The van der Waals surface area contributed by atoms with Gasteiger partial charge in [-0.05, 0) is 23.1 Å². The first-order chi connectivity index (χ1) is 11.8. The molecule has 2 N–H and O–H groups in total. The summed E-state index contributed by atoms with van der Waals surface area (Å²) in [6.45, 7) is 1.87. The van der Waals surface area contributed by atoms with Crippen LogP contribution >= 0.6 is 22.9 Å². The standard InChI is InChI=1S/C11H10ClF3N6O2S2/c1-2-9-18-20-11(24-9)19-17-7-3-5(12)6(16)4-8(7)21-25(22,23-15)10(13)14/h3-4,10H,2,16H2,1H3. The predicted octanol–water partition coefficient (Wildman–Crippen LogP) is 4.89. The monoisotopic (exact) mass is 414 g/mol. The van der Waals surface area contributed by atoms with Crippen molar-refractivity contribution in [2.24, 2.45) is 14.6 Å². The van der Waals surface area contributed by atoms with Crippen LogP contribution in [0.4, 0.5) is 35.5 Å². The molecule has 1 atom stereocenters. The summed E-state index contributed by atoms with van der Waals surface area (Å²) in [4.78, 5) is 0. The van der Waals surface area contributed by atoms with Gasteiger partial charge in [0.1, 0.15) is 16.4 Å². The number of aromatic nitrogens is 2. The van der Waals surface area contributed by atoms with Crippen molar-refractivity contribution in [1.29, 1.82) is 0 Å². The Morgan fingerprint density at radius 3 is 2.64 bits per heavy atom. The number of aryl methyl sites for hydroxylation is 1. The lowest BCUT2D eigenvalue weighted by Gasteiger charge is -2.06. The number of hydrogen-bond donors (Lipinski definition) is 1. The van der Waals surface area contributed by atoms with E-state index in [-0.39, 0.29) is 21.5 Å². The van der Waals surface area contributed by atoms with Crippen LogP contribution in [0.25, 0.3) is 0 Å². The van der Waals surface area contributed by atoms with Crippen molar-refractivity contribution in [3.63, 3.8) is 0 Å². The highest BCUT2D eigenvalue weighted by Crippen LogP contribution is 2.38. The third-order valence-electron chi connectivity index (χ3n) is 2.64. The van der Waals surface area contributed by atoms with Crippen molar-refractivity contribution in [3.05, 3.63) is 22.2 Å². The van der Waals surface area contributed by atoms with Gasteiger partial charge >= 0.3 is 5.76 Å². The van der Waals surface area contributed by atoms with E-state index in [0.29, 0.717) is 11.4 Å². The van der Waals surface area contributed by atoms with Crippen LogP contribution in [-0.2, 0) is 20.8 Å². The van der Waals surface area contributed by atoms with Crippen molar-refractivity contribution in [1.82, 2.24) is 10.2 Å². The summed E-state index contributed by atoms with van der Waals surface area (Å²) in [5.41, 5.74) is 4.87. The van der Waals surface area contributed by atoms with Gasteiger partial charge in [-0.2, -0.15) is 13.1 Å². The summed E-state index contributed by atoms with van der Waals surface area (Å²) in [5, 5.41) is 16.0. The maximum absolute atomic E-state index is 12.7. The van der Waals surface area contributed by atoms with Gasteiger partial charge in [0.25, 0.3) is 15.1 Å². The van der Waals surface area contributed by atoms with Crippen molar-refractivity contribution < 1.29 is 21.9 Å². The summed E-state index contributed by atoms with van der Waals surface area (Å²) in [7, 11) is -4.93. The fourth-order valence-electron chi connectivity index (χ4n) is 1.46. The van der Waals surface area contributed by atoms with E-state index in [4.69, 9.17) is 17.3 Å². The van der Waals surface area contributed by atoms with E-state index in [0.717, 1.165) is 23.5 Å². The lowest BCUT2D eigenvalue weighted by molar-refractivity contribution is -0.000950. The third-order valence-corrected chi connectivity index (χ3v) is 5.00. The van der Waals surface area contributed by atoms with Crippen molar-refractivity contribution >= 4 is 55.1 Å². The quantitative estimate of drug-likeness (QED) is 0.533. The second-order valence-corrected chi connectivity index (χ2v) is 7.47. The van der Waals surface area contributed by atoms with E-state index in [9.17, 15) is 17.5 Å². The minimum Gasteiger partial charge on any atom is -0.397 e. The SMILES string of the molecule is CCc1nnc(N=Nc2cc(Cl)c(N)cc2N=S(=O)(OF)C(F)F)s1. The van der Waals surface area contributed by atoms with E-state index in [2.05, 4.69) is 29.2 Å². The van der Waals surface area contributed by atoms with E-state index in [1.165, 1.54) is 0 Å². The summed E-state index contributed by atoms with van der Waals surface area (Å²) in [6.07, 6.45) is 0.645. The summed E-state index contributed by atoms with van der Waals surface area (Å²) in [5.74, 6) is -3.70. The molecule has 1 aromatic heterocycles. The fraction of sp³-hybridized carbons (Fsp3) is 0.273. The number of alkyl halides is 2. The number of anilines is 1. The van der Waals surface area contributed by atoms with Crippen LogP contribution in [0, 0.1) is 0 Å². The van der Waals surface area contributed by atoms with Crippen LogP contribution in [-0.4, -0.2) is 20.2 Å². The van der Waals surface area contributed by atoms with Gasteiger partial charge in [-0.1, -0.05) is 34.2 Å². The number of halogens is 4. The molecule has 0 radical (unpaired) electrons. The molecule has 2 rings (SSSR count). The van der Waals surface area contributed by atoms with Crippen LogP contribution in [0.3, 0.4) is 0 Å². The highest BCUT2D eigenvalue weighted by Gasteiger charge is 2.25. The molecule has 136 valence electrons. The summed E-state index contributed by atoms with van der Waals surface area (Å²) < 4.78 is 55.3. The van der Waals surface area contributed by atoms with Gasteiger partial charge in [0.15, 0.2) is 0 Å². The van der Waals surface area contributed by atoms with E-state index < -0.39 is 21.5 Å². The lowest BCUT2D eigenvalue weighted by Crippen LogP contribution is -2.10. The van der Waals surface area contributed by atoms with Crippen LogP contribution in [0.15, 0.2) is 26.7 Å². The summed E-state index contributed by atoms with van der Waals surface area (Å²) >= 11 is 7.00. The molecule has 0 saturated carbocycles. The number of azo groups is 1. The lowest BCUT2D eigenvalue weighted by atomic mass is 10.2. The molecular formula is C11H10ClF3N6O2S2. The Morgan fingerprint density at radius 1 is 1.36 bits per heavy atom. The average Bonchev–Trinajstić information content (AvgIpc) is 3.04. The second kappa shape index (κ2) is 8.03. The molecule has 1 heterocycles. The van der Waals surface area contributed by atoms with Gasteiger partial charge in [-0.25, -0.2) is 4.21 Å². The Morgan fingerprint density at radius 2 is 2.08 bits per heavy atom. The molecule has 1 aromatic carbocycles. The Bertz CT molecular complexity index is 913. The maximum atomic E-state index is 12.7. The first-order valence-corrected chi connectivity index (χ1v) is 9.16. The Hall–Kier alpha value is -1.83. The van der Waals surface area contributed by atoms with Crippen LogP contribution in [0.2, 0.25) is 5.02 Å². The molecule has 8 nitrogen and oxygen atoms in total. The molecular weight excluding hydrogens is 405 g/mol. The molecule has 0 aliphatic carbocycles. The van der Waals surface area contributed by atoms with Crippen molar-refractivity contribution in [2.75, 3.05) is 5.73 Å². The topological polar surface area (TPSA) is 115 Å². The molecule has 0 saturated heterocycles. The fourth-order valence-corrected chi connectivity index (χ4v) is 2.81. The number of nitrogen functional groups attached to an aromatic ring is 1. The average molecular weight is 415 g/mol. The normalized spacial score (nSPS) is 14.2. The highest BCUT2D eigenvalue weighted by molar-refractivity contribution is 7.89. The van der Waals surface area contributed by atoms with Gasteiger partial charge in [0, 0.05) is 0 Å². The molecule has 0 fully saturated rings. The van der Waals surface area contributed by atoms with Crippen LogP contribution in [0.5, 0.6) is 0 Å². The molecule has 14 heteroatoms. The maximum Gasteiger partial charge on any atom is 0.345 e. The third kappa shape index (κ3) is 4.62. The van der Waals surface area contributed by atoms with Gasteiger partial charge < -0.3 is 5.73 Å². The van der Waals surface area contributed by atoms with Gasteiger partial charge in [0.2, 0.25) is 0 Å². The van der Waals surface area contributed by atoms with Crippen LogP contribution < -0.4 is 5.73 Å². The number of rotatable bonds is 6. The largest absolute Gasteiger partial charge is 0.397 e. The Labute approximate surface area is 149 Å². The van der Waals surface area contributed by atoms with Crippen molar-refractivity contribution in [3.8, 4) is 0 Å². The van der Waals surface area contributed by atoms with Crippen molar-refractivity contribution in [2.45, 2.75) is 19.1 Å². The number of nitrogens with two attached hydrogens (primary N) is 1. The van der Waals surface area contributed by atoms with Crippen LogP contribution in [0.1, 0.15) is 11.9 Å². The zero-order valence-electron chi connectivity index (χ0n) is 12.4. The molecule has 2 aromatic rings. The molecule has 0 amide bonds. The zero-order valence-corrected chi connectivity index (χ0v) is 14.8. The molecule has 0 aliphatic heterocycles. The molecule has 0 aliphatic rings. The highest BCUT2D eigenvalue weighted by atomic mass is 35.5. The minimum atomic E-state index is -4.93. The van der Waals surface area contributed by atoms with E-state index >= 15 is 0 Å². The first-order valence-electron chi connectivity index (χ1n) is 6.46. The zero-order chi connectivity index (χ0) is 18.6. The number of hydrogen-bond acceptors (Lipinski definition) is 9. The predicted molar refractivity (Wildman–Crippen MR) is 87.8 cm³/mol. The molecule has 0 bridgehead atoms. The molecule has 25 heavy (non-hydrogen) atoms. The molecule has 0 spiro atoms. The minimum absolute atomic E-state index is 0.0177. The van der Waals surface area contributed by atoms with Gasteiger partial charge in [-0.3, -0.25) is 0 Å². The van der Waals surface area contributed by atoms with Gasteiger partial charge in [0.05, 0.1) is 10.7 Å². The summed E-state index contributed by atoms with van der Waals surface area (Å²) in [6, 6.07) is 2.14. The number of nitrogens with zero attached hydrogens (tertiary/aromatic N) is 5. The van der Waals surface area contributed by atoms with E-state index in [1.54, 1.807) is 0 Å². The Kier molecular flexibility index (Phi) is 6.26. The second-order valence-electron chi connectivity index (χ2n) is 4.32. The smallest absolute Gasteiger partial charge is 0.345 e. The van der Waals surface area contributed by atoms with Gasteiger partial charge in [-0.15, -0.1) is 20.4 Å². The number of benzene rings is 1. The van der Waals surface area contributed by atoms with E-state index in [1.807, 2.05) is 6.92 Å². The first kappa shape index (κ1) is 19.5. The molecule has 1 unspecified atom stereocenters. The Balaban J connectivity index is 2.52.